The van der Waals surface area contributed by atoms with Crippen LogP contribution in [0.3, 0.4) is 0 Å². The Hall–Kier alpha value is -2.36. The van der Waals surface area contributed by atoms with Gasteiger partial charge in [0.15, 0.2) is 0 Å². The van der Waals surface area contributed by atoms with Gasteiger partial charge in [-0.1, -0.05) is 42.5 Å². The minimum Gasteiger partial charge on any atom is -0.354 e. The summed E-state index contributed by atoms with van der Waals surface area (Å²) >= 11 is 0. The van der Waals surface area contributed by atoms with Crippen LogP contribution in [0.2, 0.25) is 0 Å². The molecule has 0 aliphatic carbocycles. The lowest BCUT2D eigenvalue weighted by Gasteiger charge is -2.15. The zero-order valence-corrected chi connectivity index (χ0v) is 12.5. The molecule has 0 aromatic heterocycles. The molecule has 22 heavy (non-hydrogen) atoms. The summed E-state index contributed by atoms with van der Waals surface area (Å²) in [7, 11) is 0. The van der Waals surface area contributed by atoms with E-state index in [-0.39, 0.29) is 11.8 Å². The highest BCUT2D eigenvalue weighted by molar-refractivity contribution is 5.92. The zero-order valence-electron chi connectivity index (χ0n) is 12.5. The summed E-state index contributed by atoms with van der Waals surface area (Å²) in [6, 6.07) is 13.6. The van der Waals surface area contributed by atoms with Gasteiger partial charge in [0.05, 0.1) is 6.42 Å². The molecule has 0 bridgehead atoms. The van der Waals surface area contributed by atoms with Gasteiger partial charge in [-0.25, -0.2) is 0 Å². The summed E-state index contributed by atoms with van der Waals surface area (Å²) in [5.41, 5.74) is 0.990. The largest absolute Gasteiger partial charge is 0.354 e. The van der Waals surface area contributed by atoms with E-state index >= 15 is 0 Å². The van der Waals surface area contributed by atoms with E-state index in [9.17, 15) is 9.59 Å². The number of hydrogen-bond acceptors (Lipinski definition) is 2. The van der Waals surface area contributed by atoms with E-state index in [0.29, 0.717) is 19.4 Å². The zero-order chi connectivity index (χ0) is 15.4. The van der Waals surface area contributed by atoms with Crippen molar-refractivity contribution >= 4 is 22.6 Å². The fourth-order valence-corrected chi connectivity index (χ4v) is 2.94. The molecule has 114 valence electrons. The first-order valence-electron chi connectivity index (χ1n) is 7.78. The Morgan fingerprint density at radius 3 is 2.86 bits per heavy atom. The van der Waals surface area contributed by atoms with Gasteiger partial charge < -0.3 is 10.6 Å². The molecule has 4 heteroatoms. The van der Waals surface area contributed by atoms with Crippen LogP contribution < -0.4 is 10.6 Å². The van der Waals surface area contributed by atoms with Gasteiger partial charge >= 0.3 is 0 Å². The van der Waals surface area contributed by atoms with Gasteiger partial charge in [-0.05, 0) is 35.6 Å². The van der Waals surface area contributed by atoms with E-state index in [1.165, 1.54) is 0 Å². The number of rotatable bonds is 3. The molecule has 0 radical (unpaired) electrons. The van der Waals surface area contributed by atoms with Crippen molar-refractivity contribution in [2.75, 3.05) is 6.54 Å². The molecule has 1 unspecified atom stereocenters. The summed E-state index contributed by atoms with van der Waals surface area (Å²) < 4.78 is 0. The van der Waals surface area contributed by atoms with E-state index in [2.05, 4.69) is 10.6 Å². The standard InChI is InChI=1S/C18H20N2O2/c21-17(20-16-10-3-4-11-19-18(16)22)12-14-8-5-7-13-6-1-2-9-15(13)14/h1-2,5-9,16H,3-4,10-12H2,(H,19,22)(H,20,21). The monoisotopic (exact) mass is 296 g/mol. The molecule has 1 aliphatic rings. The Morgan fingerprint density at radius 1 is 1.14 bits per heavy atom. The van der Waals surface area contributed by atoms with Gasteiger partial charge in [-0.15, -0.1) is 0 Å². The summed E-state index contributed by atoms with van der Waals surface area (Å²) in [4.78, 5) is 24.2. The molecule has 2 amide bonds. The molecule has 2 N–H and O–H groups in total. The third-order valence-corrected chi connectivity index (χ3v) is 4.10. The lowest BCUT2D eigenvalue weighted by Crippen LogP contribution is -2.45. The van der Waals surface area contributed by atoms with Crippen LogP contribution in [0.1, 0.15) is 24.8 Å². The molecule has 3 rings (SSSR count). The minimum absolute atomic E-state index is 0.0660. The molecule has 4 nitrogen and oxygen atoms in total. The number of amides is 2. The predicted octanol–water partition coefficient (Wildman–Crippen LogP) is 2.17. The molecule has 0 saturated carbocycles. The van der Waals surface area contributed by atoms with Crippen molar-refractivity contribution in [2.45, 2.75) is 31.7 Å². The van der Waals surface area contributed by atoms with E-state index in [1.54, 1.807) is 0 Å². The molecule has 2 aromatic carbocycles. The normalized spacial score (nSPS) is 18.5. The molecule has 1 fully saturated rings. The second-order valence-corrected chi connectivity index (χ2v) is 5.72. The number of hydrogen-bond donors (Lipinski definition) is 2. The molecule has 1 aliphatic heterocycles. The van der Waals surface area contributed by atoms with Gasteiger partial charge in [-0.3, -0.25) is 9.59 Å². The molecular formula is C18H20N2O2. The van der Waals surface area contributed by atoms with E-state index in [1.807, 2.05) is 42.5 Å². The van der Waals surface area contributed by atoms with Crippen LogP contribution in [-0.2, 0) is 16.0 Å². The van der Waals surface area contributed by atoms with E-state index in [4.69, 9.17) is 0 Å². The topological polar surface area (TPSA) is 58.2 Å². The summed E-state index contributed by atoms with van der Waals surface area (Å²) in [5.74, 6) is -0.165. The maximum atomic E-state index is 12.3. The SMILES string of the molecule is O=C(Cc1cccc2ccccc12)NC1CCCCNC1=O. The highest BCUT2D eigenvalue weighted by Crippen LogP contribution is 2.19. The minimum atomic E-state index is -0.398. The highest BCUT2D eigenvalue weighted by Gasteiger charge is 2.22. The Morgan fingerprint density at radius 2 is 1.95 bits per heavy atom. The maximum absolute atomic E-state index is 12.3. The number of nitrogens with one attached hydrogen (secondary N) is 2. The third-order valence-electron chi connectivity index (χ3n) is 4.10. The highest BCUT2D eigenvalue weighted by atomic mass is 16.2. The van der Waals surface area contributed by atoms with Crippen LogP contribution in [0.5, 0.6) is 0 Å². The number of carbonyl (C=O) groups is 2. The van der Waals surface area contributed by atoms with Crippen molar-refractivity contribution in [2.24, 2.45) is 0 Å². The molecule has 1 saturated heterocycles. The number of carbonyl (C=O) groups excluding carboxylic acids is 2. The van der Waals surface area contributed by atoms with Gasteiger partial charge in [-0.2, -0.15) is 0 Å². The van der Waals surface area contributed by atoms with Crippen LogP contribution in [0.15, 0.2) is 42.5 Å². The molecule has 0 spiro atoms. The van der Waals surface area contributed by atoms with Crippen LogP contribution in [0, 0.1) is 0 Å². The Bertz CT molecular complexity index is 691. The Labute approximate surface area is 129 Å². The Kier molecular flexibility index (Phi) is 4.37. The number of fused-ring (bicyclic) bond motifs is 1. The lowest BCUT2D eigenvalue weighted by molar-refractivity contribution is -0.128. The molecule has 2 aromatic rings. The molecular weight excluding hydrogens is 276 g/mol. The fourth-order valence-electron chi connectivity index (χ4n) is 2.94. The Balaban J connectivity index is 1.72. The third kappa shape index (κ3) is 3.27. The first-order valence-corrected chi connectivity index (χ1v) is 7.78. The van der Waals surface area contributed by atoms with Crippen LogP contribution in [-0.4, -0.2) is 24.4 Å². The first-order chi connectivity index (χ1) is 10.7. The van der Waals surface area contributed by atoms with Crippen molar-refractivity contribution in [3.05, 3.63) is 48.0 Å². The maximum Gasteiger partial charge on any atom is 0.242 e. The van der Waals surface area contributed by atoms with Crippen molar-refractivity contribution in [3.8, 4) is 0 Å². The van der Waals surface area contributed by atoms with Crippen LogP contribution in [0.25, 0.3) is 10.8 Å². The van der Waals surface area contributed by atoms with Crippen molar-refractivity contribution < 1.29 is 9.59 Å². The van der Waals surface area contributed by atoms with Crippen molar-refractivity contribution in [1.29, 1.82) is 0 Å². The quantitative estimate of drug-likeness (QED) is 0.912. The number of benzene rings is 2. The van der Waals surface area contributed by atoms with E-state index in [0.717, 1.165) is 29.2 Å². The smallest absolute Gasteiger partial charge is 0.242 e. The van der Waals surface area contributed by atoms with Gasteiger partial charge in [0.25, 0.3) is 0 Å². The summed E-state index contributed by atoms with van der Waals surface area (Å²) in [6.07, 6.45) is 2.94. The fraction of sp³-hybridized carbons (Fsp3) is 0.333. The average molecular weight is 296 g/mol. The summed E-state index contributed by atoms with van der Waals surface area (Å²) in [5, 5.41) is 7.92. The van der Waals surface area contributed by atoms with E-state index < -0.39 is 6.04 Å². The van der Waals surface area contributed by atoms with Crippen molar-refractivity contribution in [1.82, 2.24) is 10.6 Å². The van der Waals surface area contributed by atoms with Gasteiger partial charge in [0.1, 0.15) is 6.04 Å². The summed E-state index contributed by atoms with van der Waals surface area (Å²) in [6.45, 7) is 0.703. The predicted molar refractivity (Wildman–Crippen MR) is 86.4 cm³/mol. The van der Waals surface area contributed by atoms with Crippen LogP contribution in [0.4, 0.5) is 0 Å². The average Bonchev–Trinajstić information content (AvgIpc) is 2.73. The van der Waals surface area contributed by atoms with Crippen LogP contribution >= 0.6 is 0 Å². The molecule has 1 atom stereocenters. The molecule has 1 heterocycles. The first kappa shape index (κ1) is 14.6. The second kappa shape index (κ2) is 6.60. The second-order valence-electron chi connectivity index (χ2n) is 5.72. The van der Waals surface area contributed by atoms with Gasteiger partial charge in [0.2, 0.25) is 11.8 Å². The van der Waals surface area contributed by atoms with Crippen molar-refractivity contribution in [3.63, 3.8) is 0 Å². The lowest BCUT2D eigenvalue weighted by atomic mass is 10.0. The van der Waals surface area contributed by atoms with Gasteiger partial charge in [0, 0.05) is 6.54 Å².